The molecular formula is C16H25ClN2O4S2. The van der Waals surface area contributed by atoms with E-state index in [1.54, 1.807) is 23.9 Å². The molecule has 0 saturated heterocycles. The zero-order valence-corrected chi connectivity index (χ0v) is 17.5. The number of methoxy groups -OCH3 is 1. The standard InChI is InChI=1S/C16H25ClN2O4S2/c1-16(2,3)24-9-8-18-15(20)11-19(25(5,21)22)13-10-12(17)6-7-14(13)23-4/h6-7,10H,8-9,11H2,1-5H3,(H,18,20). The number of thioether (sulfide) groups is 1. The molecule has 0 aliphatic carbocycles. The van der Waals surface area contributed by atoms with Crippen LogP contribution < -0.4 is 14.4 Å². The molecule has 1 N–H and O–H groups in total. The average Bonchev–Trinajstić information content (AvgIpc) is 2.47. The Morgan fingerprint density at radius 2 is 2.00 bits per heavy atom. The van der Waals surface area contributed by atoms with Crippen LogP contribution in [0, 0.1) is 0 Å². The van der Waals surface area contributed by atoms with Crippen molar-refractivity contribution in [3.8, 4) is 5.75 Å². The monoisotopic (exact) mass is 408 g/mol. The SMILES string of the molecule is COc1ccc(Cl)cc1N(CC(=O)NCCSC(C)(C)C)S(C)(=O)=O. The van der Waals surface area contributed by atoms with E-state index >= 15 is 0 Å². The van der Waals surface area contributed by atoms with Crippen LogP contribution in [0.5, 0.6) is 5.75 Å². The summed E-state index contributed by atoms with van der Waals surface area (Å²) in [5.41, 5.74) is 0.233. The highest BCUT2D eigenvalue weighted by Gasteiger charge is 2.24. The molecule has 0 aliphatic heterocycles. The van der Waals surface area contributed by atoms with E-state index in [0.29, 0.717) is 17.3 Å². The van der Waals surface area contributed by atoms with Gasteiger partial charge in [0.05, 0.1) is 19.1 Å². The Bertz CT molecular complexity index is 703. The van der Waals surface area contributed by atoms with Gasteiger partial charge in [-0.15, -0.1) is 0 Å². The molecule has 0 fully saturated rings. The predicted molar refractivity (Wildman–Crippen MR) is 105 cm³/mol. The summed E-state index contributed by atoms with van der Waals surface area (Å²) in [6.45, 7) is 6.41. The first-order valence-electron chi connectivity index (χ1n) is 7.66. The van der Waals surface area contributed by atoms with Crippen molar-refractivity contribution in [3.05, 3.63) is 23.2 Å². The van der Waals surface area contributed by atoms with E-state index in [1.165, 1.54) is 13.2 Å². The smallest absolute Gasteiger partial charge is 0.240 e. The van der Waals surface area contributed by atoms with Crippen LogP contribution in [0.1, 0.15) is 20.8 Å². The lowest BCUT2D eigenvalue weighted by molar-refractivity contribution is -0.119. The second kappa shape index (κ2) is 9.00. The van der Waals surface area contributed by atoms with Gasteiger partial charge in [-0.3, -0.25) is 9.10 Å². The Kier molecular flexibility index (Phi) is 7.89. The molecule has 6 nitrogen and oxygen atoms in total. The number of benzene rings is 1. The minimum Gasteiger partial charge on any atom is -0.495 e. The van der Waals surface area contributed by atoms with E-state index < -0.39 is 10.0 Å². The summed E-state index contributed by atoms with van der Waals surface area (Å²) in [5, 5.41) is 3.09. The van der Waals surface area contributed by atoms with Crippen LogP contribution >= 0.6 is 23.4 Å². The van der Waals surface area contributed by atoms with Crippen molar-refractivity contribution in [3.63, 3.8) is 0 Å². The van der Waals surface area contributed by atoms with E-state index in [4.69, 9.17) is 16.3 Å². The molecule has 9 heteroatoms. The number of carbonyl (C=O) groups excluding carboxylic acids is 1. The van der Waals surface area contributed by atoms with Crippen LogP contribution in [-0.2, 0) is 14.8 Å². The van der Waals surface area contributed by atoms with Crippen molar-refractivity contribution in [2.75, 3.05) is 36.5 Å². The first-order valence-corrected chi connectivity index (χ1v) is 10.9. The Labute approximate surface area is 159 Å². The number of nitrogens with zero attached hydrogens (tertiary/aromatic N) is 1. The van der Waals surface area contributed by atoms with Gasteiger partial charge >= 0.3 is 0 Å². The normalized spacial score (nSPS) is 11.9. The number of hydrogen-bond acceptors (Lipinski definition) is 5. The number of ether oxygens (including phenoxy) is 1. The zero-order valence-electron chi connectivity index (χ0n) is 15.1. The molecule has 0 atom stereocenters. The summed E-state index contributed by atoms with van der Waals surface area (Å²) in [6, 6.07) is 4.62. The molecule has 1 aromatic carbocycles. The molecule has 25 heavy (non-hydrogen) atoms. The van der Waals surface area contributed by atoms with E-state index in [1.807, 2.05) is 0 Å². The van der Waals surface area contributed by atoms with Gasteiger partial charge in [-0.1, -0.05) is 32.4 Å². The topological polar surface area (TPSA) is 75.7 Å². The minimum absolute atomic E-state index is 0.109. The second-order valence-corrected chi connectivity index (χ2v) is 10.7. The van der Waals surface area contributed by atoms with Crippen molar-refractivity contribution < 1.29 is 17.9 Å². The molecule has 0 aliphatic rings. The summed E-state index contributed by atoms with van der Waals surface area (Å²) >= 11 is 7.69. The molecule has 1 aromatic rings. The third kappa shape index (κ3) is 7.75. The predicted octanol–water partition coefficient (Wildman–Crippen LogP) is 2.76. The number of rotatable bonds is 8. The Hall–Kier alpha value is -1.12. The van der Waals surface area contributed by atoms with Crippen LogP contribution in [-0.4, -0.2) is 51.3 Å². The number of anilines is 1. The third-order valence-electron chi connectivity index (χ3n) is 3.06. The Morgan fingerprint density at radius 3 is 2.52 bits per heavy atom. The highest BCUT2D eigenvalue weighted by molar-refractivity contribution is 8.00. The number of carbonyl (C=O) groups is 1. The number of nitrogens with one attached hydrogen (secondary N) is 1. The zero-order chi connectivity index (χ0) is 19.3. The lowest BCUT2D eigenvalue weighted by Gasteiger charge is -2.24. The minimum atomic E-state index is -3.69. The van der Waals surface area contributed by atoms with E-state index in [-0.39, 0.29) is 22.9 Å². The molecule has 0 heterocycles. The fourth-order valence-corrected chi connectivity index (χ4v) is 3.81. The highest BCUT2D eigenvalue weighted by atomic mass is 35.5. The van der Waals surface area contributed by atoms with E-state index in [9.17, 15) is 13.2 Å². The van der Waals surface area contributed by atoms with Crippen molar-refractivity contribution in [1.82, 2.24) is 5.32 Å². The summed E-state index contributed by atoms with van der Waals surface area (Å²) in [5.74, 6) is 0.682. The van der Waals surface area contributed by atoms with Crippen molar-refractivity contribution >= 4 is 45.0 Å². The van der Waals surface area contributed by atoms with Crippen LogP contribution in [0.3, 0.4) is 0 Å². The van der Waals surface area contributed by atoms with Gasteiger partial charge in [0.25, 0.3) is 0 Å². The van der Waals surface area contributed by atoms with E-state index in [2.05, 4.69) is 26.1 Å². The Balaban J connectivity index is 2.85. The summed E-state index contributed by atoms with van der Waals surface area (Å²) < 4.78 is 30.6. The third-order valence-corrected chi connectivity index (χ3v) is 5.69. The van der Waals surface area contributed by atoms with E-state index in [0.717, 1.165) is 16.3 Å². The van der Waals surface area contributed by atoms with Gasteiger partial charge in [-0.2, -0.15) is 11.8 Å². The van der Waals surface area contributed by atoms with Crippen molar-refractivity contribution in [2.45, 2.75) is 25.5 Å². The number of amides is 1. The first-order chi connectivity index (χ1) is 11.4. The van der Waals surface area contributed by atoms with Gasteiger partial charge in [0.15, 0.2) is 0 Å². The van der Waals surface area contributed by atoms with Crippen LogP contribution in [0.2, 0.25) is 5.02 Å². The van der Waals surface area contributed by atoms with Gasteiger partial charge in [-0.05, 0) is 18.2 Å². The van der Waals surface area contributed by atoms with Crippen LogP contribution in [0.25, 0.3) is 0 Å². The summed E-state index contributed by atoms with van der Waals surface area (Å²) in [4.78, 5) is 12.2. The lowest BCUT2D eigenvalue weighted by Crippen LogP contribution is -2.41. The molecule has 0 aromatic heterocycles. The van der Waals surface area contributed by atoms with Gasteiger partial charge < -0.3 is 10.1 Å². The van der Waals surface area contributed by atoms with Gasteiger partial charge in [0.2, 0.25) is 15.9 Å². The molecule has 1 rings (SSSR count). The van der Waals surface area contributed by atoms with Gasteiger partial charge in [0.1, 0.15) is 12.3 Å². The molecule has 0 saturated carbocycles. The number of sulfonamides is 1. The van der Waals surface area contributed by atoms with Gasteiger partial charge in [0, 0.05) is 22.1 Å². The first kappa shape index (κ1) is 21.9. The maximum absolute atomic E-state index is 12.2. The largest absolute Gasteiger partial charge is 0.495 e. The Morgan fingerprint density at radius 1 is 1.36 bits per heavy atom. The molecule has 142 valence electrons. The number of halogens is 1. The highest BCUT2D eigenvalue weighted by Crippen LogP contribution is 2.32. The lowest BCUT2D eigenvalue weighted by atomic mass is 10.3. The molecule has 0 unspecified atom stereocenters. The fraction of sp³-hybridized carbons (Fsp3) is 0.562. The fourth-order valence-electron chi connectivity index (χ4n) is 1.97. The number of hydrogen-bond donors (Lipinski definition) is 1. The summed E-state index contributed by atoms with van der Waals surface area (Å²) in [7, 11) is -2.26. The molecule has 1 amide bonds. The maximum atomic E-state index is 12.2. The van der Waals surface area contributed by atoms with Crippen molar-refractivity contribution in [2.24, 2.45) is 0 Å². The van der Waals surface area contributed by atoms with Gasteiger partial charge in [-0.25, -0.2) is 8.42 Å². The molecular weight excluding hydrogens is 384 g/mol. The molecule has 0 bridgehead atoms. The summed E-state index contributed by atoms with van der Waals surface area (Å²) in [6.07, 6.45) is 1.04. The van der Waals surface area contributed by atoms with Crippen LogP contribution in [0.4, 0.5) is 5.69 Å². The molecule has 0 radical (unpaired) electrons. The second-order valence-electron chi connectivity index (χ2n) is 6.40. The van der Waals surface area contributed by atoms with Crippen LogP contribution in [0.15, 0.2) is 18.2 Å². The quantitative estimate of drug-likeness (QED) is 0.669. The average molecular weight is 409 g/mol. The van der Waals surface area contributed by atoms with Crippen molar-refractivity contribution in [1.29, 1.82) is 0 Å². The maximum Gasteiger partial charge on any atom is 0.240 e. The molecule has 0 spiro atoms.